The highest BCUT2D eigenvalue weighted by Crippen LogP contribution is 2.09. The van der Waals surface area contributed by atoms with E-state index < -0.39 is 0 Å². The Morgan fingerprint density at radius 3 is 1.93 bits per heavy atom. The van der Waals surface area contributed by atoms with Gasteiger partial charge in [0.05, 0.1) is 7.85 Å². The second kappa shape index (κ2) is 12.8. The average molecular weight is 192 g/mol. The van der Waals surface area contributed by atoms with Crippen LogP contribution in [0.1, 0.15) is 64.7 Å². The summed E-state index contributed by atoms with van der Waals surface area (Å²) >= 11 is 0. The van der Waals surface area contributed by atoms with Crippen LogP contribution in [0.3, 0.4) is 0 Å². The second-order valence-corrected chi connectivity index (χ2v) is 3.97. The van der Waals surface area contributed by atoms with Gasteiger partial charge in [-0.3, -0.25) is 0 Å². The minimum atomic E-state index is 0.691. The topological polar surface area (TPSA) is 0 Å². The molecule has 0 aliphatic carbocycles. The fraction of sp³-hybridized carbons (Fsp3) is 0.846. The predicted molar refractivity (Wildman–Crippen MR) is 66.9 cm³/mol. The van der Waals surface area contributed by atoms with Crippen LogP contribution in [0.5, 0.6) is 0 Å². The lowest BCUT2D eigenvalue weighted by Crippen LogP contribution is -1.79. The van der Waals surface area contributed by atoms with Crippen molar-refractivity contribution in [1.82, 2.24) is 0 Å². The molecule has 0 atom stereocenters. The van der Waals surface area contributed by atoms with Gasteiger partial charge in [0.15, 0.2) is 0 Å². The lowest BCUT2D eigenvalue weighted by molar-refractivity contribution is 0.577. The summed E-state index contributed by atoms with van der Waals surface area (Å²) in [5, 5.41) is 0. The van der Waals surface area contributed by atoms with Crippen LogP contribution in [-0.4, -0.2) is 7.85 Å². The molecule has 14 heavy (non-hydrogen) atoms. The summed E-state index contributed by atoms with van der Waals surface area (Å²) in [6.45, 7) is 2.27. The standard InChI is InChI=1S/C13H25B/c1-2-3-4-5-6-7-8-9-10-11-12-13-14/h11-12H,2-10,13H2,1H3/b12-11+. The minimum absolute atomic E-state index is 0.691. The molecule has 0 bridgehead atoms. The first kappa shape index (κ1) is 13.8. The molecule has 2 radical (unpaired) electrons. The Bertz CT molecular complexity index is 118. The quantitative estimate of drug-likeness (QED) is 0.268. The van der Waals surface area contributed by atoms with E-state index in [2.05, 4.69) is 19.1 Å². The van der Waals surface area contributed by atoms with E-state index in [1.165, 1.54) is 57.8 Å². The molecular formula is C13H25B. The monoisotopic (exact) mass is 192 g/mol. The smallest absolute Gasteiger partial charge is 0.0708 e. The van der Waals surface area contributed by atoms with E-state index in [-0.39, 0.29) is 0 Å². The van der Waals surface area contributed by atoms with Crippen LogP contribution in [0, 0.1) is 0 Å². The van der Waals surface area contributed by atoms with Crippen molar-refractivity contribution in [2.45, 2.75) is 71.0 Å². The summed E-state index contributed by atoms with van der Waals surface area (Å²) in [5.41, 5.74) is 0. The third-order valence-electron chi connectivity index (χ3n) is 2.53. The normalized spacial score (nSPS) is 11.2. The molecule has 1 heteroatoms. The van der Waals surface area contributed by atoms with Gasteiger partial charge in [0.2, 0.25) is 0 Å². The van der Waals surface area contributed by atoms with E-state index in [1.807, 2.05) is 0 Å². The highest BCUT2D eigenvalue weighted by molar-refractivity contribution is 6.09. The van der Waals surface area contributed by atoms with Gasteiger partial charge in [-0.25, -0.2) is 0 Å². The third kappa shape index (κ3) is 11.8. The van der Waals surface area contributed by atoms with Crippen LogP contribution < -0.4 is 0 Å². The lowest BCUT2D eigenvalue weighted by Gasteiger charge is -1.99. The number of hydrogen-bond donors (Lipinski definition) is 0. The zero-order valence-electron chi connectivity index (χ0n) is 9.80. The molecule has 0 aliphatic heterocycles. The lowest BCUT2D eigenvalue weighted by atomic mass is 10.0. The largest absolute Gasteiger partial charge is 0.0971 e. The molecule has 0 aromatic heterocycles. The molecule has 0 aromatic rings. The van der Waals surface area contributed by atoms with Crippen molar-refractivity contribution >= 4 is 7.85 Å². The van der Waals surface area contributed by atoms with Crippen molar-refractivity contribution in [1.29, 1.82) is 0 Å². The maximum Gasteiger partial charge on any atom is 0.0708 e. The molecule has 0 aliphatic rings. The Morgan fingerprint density at radius 1 is 0.786 bits per heavy atom. The Kier molecular flexibility index (Phi) is 12.6. The summed E-state index contributed by atoms with van der Waals surface area (Å²) in [7, 11) is 5.35. The highest BCUT2D eigenvalue weighted by Gasteiger charge is 1.89. The first-order chi connectivity index (χ1) is 6.91. The molecule has 0 heterocycles. The van der Waals surface area contributed by atoms with E-state index in [1.54, 1.807) is 0 Å². The van der Waals surface area contributed by atoms with Crippen molar-refractivity contribution in [3.8, 4) is 0 Å². The van der Waals surface area contributed by atoms with Gasteiger partial charge in [-0.1, -0.05) is 70.3 Å². The van der Waals surface area contributed by atoms with Crippen LogP contribution in [0.25, 0.3) is 0 Å². The molecule has 0 nitrogen and oxygen atoms in total. The van der Waals surface area contributed by atoms with Gasteiger partial charge in [-0.05, 0) is 12.8 Å². The molecule has 0 amide bonds. The van der Waals surface area contributed by atoms with Crippen LogP contribution in [-0.2, 0) is 0 Å². The van der Waals surface area contributed by atoms with Gasteiger partial charge in [0, 0.05) is 0 Å². The molecule has 0 rings (SSSR count). The van der Waals surface area contributed by atoms with Gasteiger partial charge in [-0.15, -0.1) is 0 Å². The molecule has 0 N–H and O–H groups in total. The van der Waals surface area contributed by atoms with Gasteiger partial charge >= 0.3 is 0 Å². The molecule has 0 aromatic carbocycles. The van der Waals surface area contributed by atoms with Gasteiger partial charge in [0.1, 0.15) is 0 Å². The van der Waals surface area contributed by atoms with E-state index in [9.17, 15) is 0 Å². The average Bonchev–Trinajstić information content (AvgIpc) is 2.21. The van der Waals surface area contributed by atoms with Crippen molar-refractivity contribution in [2.24, 2.45) is 0 Å². The first-order valence-corrected chi connectivity index (χ1v) is 6.27. The summed E-state index contributed by atoms with van der Waals surface area (Å²) in [4.78, 5) is 0. The fourth-order valence-corrected chi connectivity index (χ4v) is 1.61. The Morgan fingerprint density at radius 2 is 1.36 bits per heavy atom. The SMILES string of the molecule is [B]C/C=C/CCCCCCCCCC. The van der Waals surface area contributed by atoms with Crippen LogP contribution in [0.4, 0.5) is 0 Å². The predicted octanol–water partition coefficient (Wildman–Crippen LogP) is 4.66. The number of unbranched alkanes of at least 4 members (excludes halogenated alkanes) is 8. The van der Waals surface area contributed by atoms with Crippen molar-refractivity contribution in [3.63, 3.8) is 0 Å². The van der Waals surface area contributed by atoms with E-state index in [0.29, 0.717) is 6.32 Å². The van der Waals surface area contributed by atoms with Gasteiger partial charge < -0.3 is 0 Å². The molecule has 0 saturated carbocycles. The maximum atomic E-state index is 5.35. The number of allylic oxidation sites excluding steroid dienone is 2. The van der Waals surface area contributed by atoms with E-state index in [0.717, 1.165) is 0 Å². The fourth-order valence-electron chi connectivity index (χ4n) is 1.61. The van der Waals surface area contributed by atoms with Crippen LogP contribution in [0.15, 0.2) is 12.2 Å². The summed E-state index contributed by atoms with van der Waals surface area (Å²) in [6.07, 6.45) is 17.4. The van der Waals surface area contributed by atoms with Crippen LogP contribution >= 0.6 is 0 Å². The maximum absolute atomic E-state index is 5.35. The number of hydrogen-bond acceptors (Lipinski definition) is 0. The minimum Gasteiger partial charge on any atom is -0.0971 e. The van der Waals surface area contributed by atoms with Gasteiger partial charge in [0.25, 0.3) is 0 Å². The molecule has 0 spiro atoms. The third-order valence-corrected chi connectivity index (χ3v) is 2.53. The first-order valence-electron chi connectivity index (χ1n) is 6.27. The summed E-state index contributed by atoms with van der Waals surface area (Å²) in [6, 6.07) is 0. The Hall–Kier alpha value is -0.195. The number of rotatable bonds is 10. The van der Waals surface area contributed by atoms with E-state index in [4.69, 9.17) is 7.85 Å². The summed E-state index contributed by atoms with van der Waals surface area (Å²) < 4.78 is 0. The molecule has 0 saturated heterocycles. The molecule has 80 valence electrons. The Balaban J connectivity index is 2.88. The molecule has 0 unspecified atom stereocenters. The second-order valence-electron chi connectivity index (χ2n) is 3.97. The van der Waals surface area contributed by atoms with Crippen LogP contribution in [0.2, 0.25) is 6.32 Å². The van der Waals surface area contributed by atoms with Gasteiger partial charge in [-0.2, -0.15) is 0 Å². The zero-order chi connectivity index (χ0) is 10.5. The van der Waals surface area contributed by atoms with E-state index >= 15 is 0 Å². The Labute approximate surface area is 91.6 Å². The molecule has 0 fully saturated rings. The van der Waals surface area contributed by atoms with Crippen molar-refractivity contribution in [2.75, 3.05) is 0 Å². The molecular weight excluding hydrogens is 167 g/mol. The summed E-state index contributed by atoms with van der Waals surface area (Å²) in [5.74, 6) is 0. The highest BCUT2D eigenvalue weighted by atomic mass is 14.0. The van der Waals surface area contributed by atoms with Crippen molar-refractivity contribution in [3.05, 3.63) is 12.2 Å². The zero-order valence-corrected chi connectivity index (χ0v) is 9.80. The van der Waals surface area contributed by atoms with Crippen molar-refractivity contribution < 1.29 is 0 Å².